The van der Waals surface area contributed by atoms with Gasteiger partial charge in [0, 0.05) is 19.2 Å². The van der Waals surface area contributed by atoms with Crippen LogP contribution in [0.1, 0.15) is 62.1 Å². The number of rotatable bonds is 7. The van der Waals surface area contributed by atoms with Crippen molar-refractivity contribution in [2.24, 2.45) is 0 Å². The van der Waals surface area contributed by atoms with Crippen LogP contribution in [0.3, 0.4) is 0 Å². The van der Waals surface area contributed by atoms with Gasteiger partial charge < -0.3 is 15.0 Å². The van der Waals surface area contributed by atoms with Crippen molar-refractivity contribution >= 4 is 23.4 Å². The number of ether oxygens (including phenoxy) is 1. The average Bonchev–Trinajstić information content (AvgIpc) is 3.22. The van der Waals surface area contributed by atoms with E-state index in [1.807, 2.05) is 31.2 Å². The van der Waals surface area contributed by atoms with Crippen LogP contribution in [0.25, 0.3) is 0 Å². The van der Waals surface area contributed by atoms with Gasteiger partial charge in [0.1, 0.15) is 11.9 Å². The standard InChI is InChI=1S/C22H31ClN2O3/c1-16-8-5-6-12-19(16)21(22(27)24-17-9-3-2-4-10-17)25(20(26)14-23)15-18-11-7-13-28-18/h5-6,8,12,17-18,21H,2-4,7,9-11,13-15H2,1H3,(H,24,27)/t18-,21-/m1/s1. The molecule has 1 saturated heterocycles. The third-order valence-electron chi connectivity index (χ3n) is 5.85. The normalized spacial score (nSPS) is 21.3. The van der Waals surface area contributed by atoms with Gasteiger partial charge in [0.2, 0.25) is 11.8 Å². The molecule has 0 radical (unpaired) electrons. The molecule has 0 aromatic heterocycles. The fourth-order valence-corrected chi connectivity index (χ4v) is 4.46. The molecular weight excluding hydrogens is 376 g/mol. The third-order valence-corrected chi connectivity index (χ3v) is 6.08. The zero-order valence-electron chi connectivity index (χ0n) is 16.7. The quantitative estimate of drug-likeness (QED) is 0.702. The fourth-order valence-electron chi connectivity index (χ4n) is 4.31. The van der Waals surface area contributed by atoms with Crippen molar-refractivity contribution < 1.29 is 14.3 Å². The molecule has 2 fully saturated rings. The Kier molecular flexibility index (Phi) is 7.74. The van der Waals surface area contributed by atoms with Gasteiger partial charge in [-0.15, -0.1) is 11.6 Å². The Morgan fingerprint density at radius 1 is 1.18 bits per heavy atom. The van der Waals surface area contributed by atoms with Gasteiger partial charge in [0.15, 0.2) is 0 Å². The van der Waals surface area contributed by atoms with Gasteiger partial charge in [-0.05, 0) is 43.7 Å². The molecule has 1 aromatic carbocycles. The molecular formula is C22H31ClN2O3. The van der Waals surface area contributed by atoms with Crippen molar-refractivity contribution in [1.29, 1.82) is 0 Å². The number of carbonyl (C=O) groups excluding carboxylic acids is 2. The lowest BCUT2D eigenvalue weighted by Crippen LogP contribution is -2.49. The minimum atomic E-state index is -0.682. The Morgan fingerprint density at radius 2 is 1.93 bits per heavy atom. The van der Waals surface area contributed by atoms with E-state index in [1.54, 1.807) is 4.90 Å². The first-order chi connectivity index (χ1) is 13.6. The summed E-state index contributed by atoms with van der Waals surface area (Å²) < 4.78 is 5.76. The highest BCUT2D eigenvalue weighted by atomic mass is 35.5. The minimum absolute atomic E-state index is 0.0406. The number of hydrogen-bond acceptors (Lipinski definition) is 3. The Bertz CT molecular complexity index is 670. The van der Waals surface area contributed by atoms with Crippen LogP contribution in [0.4, 0.5) is 0 Å². The minimum Gasteiger partial charge on any atom is -0.376 e. The molecule has 1 saturated carbocycles. The maximum atomic E-state index is 13.4. The van der Waals surface area contributed by atoms with Gasteiger partial charge >= 0.3 is 0 Å². The van der Waals surface area contributed by atoms with E-state index in [-0.39, 0.29) is 29.8 Å². The first-order valence-corrected chi connectivity index (χ1v) is 11.0. The number of aryl methyl sites for hydroxylation is 1. The molecule has 0 bridgehead atoms. The molecule has 1 aliphatic carbocycles. The summed E-state index contributed by atoms with van der Waals surface area (Å²) in [5, 5.41) is 3.21. The molecule has 154 valence electrons. The van der Waals surface area contributed by atoms with Crippen molar-refractivity contribution in [2.75, 3.05) is 19.0 Å². The molecule has 1 heterocycles. The molecule has 2 atom stereocenters. The highest BCUT2D eigenvalue weighted by Crippen LogP contribution is 2.28. The zero-order chi connectivity index (χ0) is 19.9. The zero-order valence-corrected chi connectivity index (χ0v) is 17.4. The average molecular weight is 407 g/mol. The van der Waals surface area contributed by atoms with E-state index in [9.17, 15) is 9.59 Å². The fraction of sp³-hybridized carbons (Fsp3) is 0.636. The van der Waals surface area contributed by atoms with Crippen LogP contribution in [0.15, 0.2) is 24.3 Å². The van der Waals surface area contributed by atoms with Crippen molar-refractivity contribution in [3.05, 3.63) is 35.4 Å². The van der Waals surface area contributed by atoms with E-state index in [2.05, 4.69) is 5.32 Å². The Labute approximate surface area is 172 Å². The number of alkyl halides is 1. The van der Waals surface area contributed by atoms with Crippen LogP contribution in [0.2, 0.25) is 0 Å². The highest BCUT2D eigenvalue weighted by molar-refractivity contribution is 6.27. The lowest BCUT2D eigenvalue weighted by atomic mass is 9.94. The number of carbonyl (C=O) groups is 2. The van der Waals surface area contributed by atoms with Gasteiger partial charge in [-0.1, -0.05) is 43.5 Å². The molecule has 6 heteroatoms. The van der Waals surface area contributed by atoms with Gasteiger partial charge in [-0.2, -0.15) is 0 Å². The SMILES string of the molecule is Cc1ccccc1[C@H](C(=O)NC1CCCCC1)N(C[C@H]1CCCO1)C(=O)CCl. The van der Waals surface area contributed by atoms with Crippen LogP contribution in [0, 0.1) is 6.92 Å². The molecule has 1 N–H and O–H groups in total. The number of benzene rings is 1. The summed E-state index contributed by atoms with van der Waals surface area (Å²) in [6.45, 7) is 3.07. The molecule has 0 spiro atoms. The van der Waals surface area contributed by atoms with Crippen LogP contribution in [0.5, 0.6) is 0 Å². The van der Waals surface area contributed by atoms with Crippen LogP contribution in [-0.2, 0) is 14.3 Å². The second-order valence-corrected chi connectivity index (χ2v) is 8.18. The van der Waals surface area contributed by atoms with Crippen LogP contribution in [-0.4, -0.2) is 47.9 Å². The number of hydrogen-bond donors (Lipinski definition) is 1. The molecule has 5 nitrogen and oxygen atoms in total. The highest BCUT2D eigenvalue weighted by Gasteiger charge is 2.35. The van der Waals surface area contributed by atoms with E-state index in [1.165, 1.54) is 6.42 Å². The number of nitrogens with one attached hydrogen (secondary N) is 1. The van der Waals surface area contributed by atoms with E-state index >= 15 is 0 Å². The van der Waals surface area contributed by atoms with Gasteiger partial charge in [-0.3, -0.25) is 9.59 Å². The van der Waals surface area contributed by atoms with Crippen molar-refractivity contribution in [3.63, 3.8) is 0 Å². The van der Waals surface area contributed by atoms with Crippen molar-refractivity contribution in [3.8, 4) is 0 Å². The first kappa shape index (κ1) is 21.1. The third kappa shape index (κ3) is 5.26. The maximum absolute atomic E-state index is 13.4. The van der Waals surface area contributed by atoms with Crippen molar-refractivity contribution in [1.82, 2.24) is 10.2 Å². The van der Waals surface area contributed by atoms with E-state index < -0.39 is 6.04 Å². The molecule has 1 aliphatic heterocycles. The van der Waals surface area contributed by atoms with Crippen LogP contribution >= 0.6 is 11.6 Å². The van der Waals surface area contributed by atoms with Crippen molar-refractivity contribution in [2.45, 2.75) is 70.1 Å². The molecule has 28 heavy (non-hydrogen) atoms. The molecule has 1 aromatic rings. The van der Waals surface area contributed by atoms with Gasteiger partial charge in [-0.25, -0.2) is 0 Å². The second-order valence-electron chi connectivity index (χ2n) is 7.92. The Balaban J connectivity index is 1.88. The van der Waals surface area contributed by atoms with Gasteiger partial charge in [0.05, 0.1) is 6.10 Å². The lowest BCUT2D eigenvalue weighted by molar-refractivity contribution is -0.141. The van der Waals surface area contributed by atoms with Gasteiger partial charge in [0.25, 0.3) is 0 Å². The molecule has 0 unspecified atom stereocenters. The van der Waals surface area contributed by atoms with E-state index in [4.69, 9.17) is 16.3 Å². The van der Waals surface area contributed by atoms with E-state index in [0.29, 0.717) is 13.2 Å². The Morgan fingerprint density at radius 3 is 2.57 bits per heavy atom. The number of halogens is 1. The summed E-state index contributed by atoms with van der Waals surface area (Å²) in [4.78, 5) is 27.8. The van der Waals surface area contributed by atoms with E-state index in [0.717, 1.165) is 49.7 Å². The predicted octanol–water partition coefficient (Wildman–Crippen LogP) is 3.73. The topological polar surface area (TPSA) is 58.6 Å². The molecule has 3 rings (SSSR count). The maximum Gasteiger partial charge on any atom is 0.247 e. The second kappa shape index (κ2) is 10.3. The smallest absolute Gasteiger partial charge is 0.247 e. The summed E-state index contributed by atoms with van der Waals surface area (Å²) in [5.41, 5.74) is 1.85. The largest absolute Gasteiger partial charge is 0.376 e. The number of nitrogens with zero attached hydrogens (tertiary/aromatic N) is 1. The summed E-state index contributed by atoms with van der Waals surface area (Å²) in [5.74, 6) is -0.492. The summed E-state index contributed by atoms with van der Waals surface area (Å²) in [6, 6.07) is 7.28. The summed E-state index contributed by atoms with van der Waals surface area (Å²) in [6.07, 6.45) is 7.35. The monoisotopic (exact) mass is 406 g/mol. The summed E-state index contributed by atoms with van der Waals surface area (Å²) in [7, 11) is 0. The van der Waals surface area contributed by atoms with Crippen LogP contribution < -0.4 is 5.32 Å². The summed E-state index contributed by atoms with van der Waals surface area (Å²) >= 11 is 5.94. The predicted molar refractivity (Wildman–Crippen MR) is 110 cm³/mol. The lowest BCUT2D eigenvalue weighted by Gasteiger charge is -2.35. The first-order valence-electron chi connectivity index (χ1n) is 10.4. The Hall–Kier alpha value is -1.59. The molecule has 2 amide bonds. The number of amides is 2. The molecule has 2 aliphatic rings.